The van der Waals surface area contributed by atoms with Crippen LogP contribution in [0.5, 0.6) is 0 Å². The molecule has 6 nitrogen and oxygen atoms in total. The van der Waals surface area contributed by atoms with Gasteiger partial charge in [-0.3, -0.25) is 4.21 Å². The van der Waals surface area contributed by atoms with Crippen LogP contribution in [-0.2, 0) is 10.8 Å². The lowest BCUT2D eigenvalue weighted by Gasteiger charge is -2.17. The summed E-state index contributed by atoms with van der Waals surface area (Å²) in [6, 6.07) is -0.234. The van der Waals surface area contributed by atoms with E-state index in [9.17, 15) is 9.00 Å². The Morgan fingerprint density at radius 2 is 2.06 bits per heavy atom. The molecule has 0 bridgehead atoms. The van der Waals surface area contributed by atoms with Gasteiger partial charge in [-0.05, 0) is 20.3 Å². The topological polar surface area (TPSA) is 68.1 Å². The van der Waals surface area contributed by atoms with E-state index in [1.807, 2.05) is 20.8 Å². The highest BCUT2D eigenvalue weighted by molar-refractivity contribution is 7.84. The van der Waals surface area contributed by atoms with E-state index in [-0.39, 0.29) is 11.2 Å². The molecule has 0 aliphatic heterocycles. The fourth-order valence-corrected chi connectivity index (χ4v) is 2.26. The van der Waals surface area contributed by atoms with Gasteiger partial charge in [-0.1, -0.05) is 6.92 Å². The minimum atomic E-state index is -1.21. The lowest BCUT2D eigenvalue weighted by molar-refractivity contribution is 0.201. The van der Waals surface area contributed by atoms with Crippen molar-refractivity contribution in [3.8, 4) is 0 Å². The van der Waals surface area contributed by atoms with Gasteiger partial charge in [-0.15, -0.1) is 5.10 Å². The van der Waals surface area contributed by atoms with Gasteiger partial charge in [0.15, 0.2) is 0 Å². The maximum Gasteiger partial charge on any atom is 0.346 e. The van der Waals surface area contributed by atoms with Gasteiger partial charge in [0.1, 0.15) is 6.33 Å². The van der Waals surface area contributed by atoms with Gasteiger partial charge in [0.05, 0.1) is 10.8 Å². The smallest absolute Gasteiger partial charge is 0.323 e. The zero-order valence-corrected chi connectivity index (χ0v) is 11.2. The predicted molar refractivity (Wildman–Crippen MR) is 65.3 cm³/mol. The molecule has 0 spiro atoms. The number of hydrogen-bond acceptors (Lipinski definition) is 4. The van der Waals surface area contributed by atoms with Crippen LogP contribution in [-0.4, -0.2) is 48.7 Å². The fraction of sp³-hybridized carbons (Fsp3) is 0.700. The maximum absolute atomic E-state index is 11.9. The van der Waals surface area contributed by atoms with Gasteiger partial charge >= 0.3 is 6.03 Å². The van der Waals surface area contributed by atoms with Crippen molar-refractivity contribution in [2.24, 2.45) is 0 Å². The summed E-state index contributed by atoms with van der Waals surface area (Å²) < 4.78 is 12.8. The zero-order chi connectivity index (χ0) is 12.8. The maximum atomic E-state index is 11.9. The molecular formula is C10H18N4O2S. The molecular weight excluding hydrogens is 240 g/mol. The molecule has 1 atom stereocenters. The van der Waals surface area contributed by atoms with E-state index in [1.54, 1.807) is 4.90 Å². The van der Waals surface area contributed by atoms with Crippen molar-refractivity contribution >= 4 is 16.8 Å². The molecule has 0 fully saturated rings. The Hall–Kier alpha value is -1.24. The first-order valence-corrected chi connectivity index (χ1v) is 7.05. The van der Waals surface area contributed by atoms with E-state index in [4.69, 9.17) is 0 Å². The number of aromatic nitrogens is 3. The molecule has 0 aliphatic carbocycles. The molecule has 0 aromatic carbocycles. The summed E-state index contributed by atoms with van der Waals surface area (Å²) >= 11 is 0. The summed E-state index contributed by atoms with van der Waals surface area (Å²) in [6.07, 6.45) is 2.12. The molecule has 17 heavy (non-hydrogen) atoms. The van der Waals surface area contributed by atoms with Crippen molar-refractivity contribution in [1.82, 2.24) is 19.7 Å². The number of amides is 1. The van der Waals surface area contributed by atoms with Gasteiger partial charge in [0, 0.05) is 18.8 Å². The number of nitrogens with zero attached hydrogens (tertiary/aromatic N) is 4. The first-order chi connectivity index (χ1) is 8.13. The highest BCUT2D eigenvalue weighted by Gasteiger charge is 2.16. The van der Waals surface area contributed by atoms with Crippen LogP contribution in [0.1, 0.15) is 27.2 Å². The molecule has 0 saturated heterocycles. The van der Waals surface area contributed by atoms with Gasteiger partial charge in [0.25, 0.3) is 0 Å². The number of carbonyl (C=O) groups excluding carboxylic acids is 1. The van der Waals surface area contributed by atoms with Gasteiger partial charge in [-0.25, -0.2) is 9.78 Å². The third-order valence-corrected chi connectivity index (χ3v) is 3.67. The van der Waals surface area contributed by atoms with Gasteiger partial charge in [0.2, 0.25) is 5.16 Å². The van der Waals surface area contributed by atoms with Gasteiger partial charge in [-0.2, -0.15) is 4.68 Å². The first kappa shape index (κ1) is 13.8. The van der Waals surface area contributed by atoms with Crippen LogP contribution in [0.2, 0.25) is 0 Å². The van der Waals surface area contributed by atoms with Crippen LogP contribution in [0.4, 0.5) is 4.79 Å². The molecule has 1 amide bonds. The second kappa shape index (κ2) is 6.48. The molecule has 1 aromatic rings. The standard InChI is InChI=1S/C10H18N4O2S/c1-4-7-17(16)9-11-8-14(12-9)10(15)13(5-2)6-3/h8H,4-7H2,1-3H3. The molecule has 0 saturated carbocycles. The van der Waals surface area contributed by atoms with E-state index < -0.39 is 10.8 Å². The molecule has 1 rings (SSSR count). The average molecular weight is 258 g/mol. The quantitative estimate of drug-likeness (QED) is 0.793. The Labute approximate surface area is 103 Å². The second-order valence-electron chi connectivity index (χ2n) is 3.48. The Morgan fingerprint density at radius 3 is 2.59 bits per heavy atom. The molecule has 1 unspecified atom stereocenters. The van der Waals surface area contributed by atoms with E-state index >= 15 is 0 Å². The Kier molecular flexibility index (Phi) is 5.27. The number of rotatable bonds is 5. The largest absolute Gasteiger partial charge is 0.346 e. The third kappa shape index (κ3) is 3.36. The highest BCUT2D eigenvalue weighted by Crippen LogP contribution is 2.01. The molecule has 0 N–H and O–H groups in total. The molecule has 1 aromatic heterocycles. The number of hydrogen-bond donors (Lipinski definition) is 0. The summed E-state index contributed by atoms with van der Waals surface area (Å²) in [5.74, 6) is 0.517. The molecule has 0 aliphatic rings. The van der Waals surface area contributed by atoms with Gasteiger partial charge < -0.3 is 4.90 Å². The third-order valence-electron chi connectivity index (χ3n) is 2.29. The SMILES string of the molecule is CCCS(=O)c1ncn(C(=O)N(CC)CC)n1. The van der Waals surface area contributed by atoms with Crippen molar-refractivity contribution in [3.63, 3.8) is 0 Å². The minimum absolute atomic E-state index is 0.229. The van der Waals surface area contributed by atoms with Crippen LogP contribution in [0.15, 0.2) is 11.5 Å². The summed E-state index contributed by atoms with van der Waals surface area (Å²) in [5, 5.41) is 4.19. The lowest BCUT2D eigenvalue weighted by Crippen LogP contribution is -2.34. The van der Waals surface area contributed by atoms with E-state index in [1.165, 1.54) is 6.33 Å². The predicted octanol–water partition coefficient (Wildman–Crippen LogP) is 1.11. The van der Waals surface area contributed by atoms with Crippen molar-refractivity contribution < 1.29 is 9.00 Å². The fourth-order valence-electron chi connectivity index (χ4n) is 1.36. The Morgan fingerprint density at radius 1 is 1.41 bits per heavy atom. The van der Waals surface area contributed by atoms with E-state index in [0.29, 0.717) is 18.8 Å². The minimum Gasteiger partial charge on any atom is -0.323 e. The summed E-state index contributed by atoms with van der Waals surface area (Å²) in [6.45, 7) is 6.96. The lowest BCUT2D eigenvalue weighted by atomic mass is 10.5. The molecule has 7 heteroatoms. The van der Waals surface area contributed by atoms with Crippen molar-refractivity contribution in [3.05, 3.63) is 6.33 Å². The zero-order valence-electron chi connectivity index (χ0n) is 10.4. The van der Waals surface area contributed by atoms with Crippen LogP contribution in [0.3, 0.4) is 0 Å². The first-order valence-electron chi connectivity index (χ1n) is 5.73. The van der Waals surface area contributed by atoms with E-state index in [2.05, 4.69) is 10.1 Å². The van der Waals surface area contributed by atoms with Crippen molar-refractivity contribution in [2.45, 2.75) is 32.3 Å². The van der Waals surface area contributed by atoms with Crippen LogP contribution >= 0.6 is 0 Å². The van der Waals surface area contributed by atoms with Crippen LogP contribution in [0.25, 0.3) is 0 Å². The molecule has 1 heterocycles. The Bertz CT molecular complexity index is 401. The summed E-state index contributed by atoms with van der Waals surface area (Å²) in [5.41, 5.74) is 0. The highest BCUT2D eigenvalue weighted by atomic mass is 32.2. The monoisotopic (exact) mass is 258 g/mol. The second-order valence-corrected chi connectivity index (χ2v) is 4.94. The van der Waals surface area contributed by atoms with Crippen LogP contribution in [0, 0.1) is 0 Å². The molecule has 0 radical (unpaired) electrons. The van der Waals surface area contributed by atoms with Crippen molar-refractivity contribution in [2.75, 3.05) is 18.8 Å². The van der Waals surface area contributed by atoms with Crippen LogP contribution < -0.4 is 0 Å². The Balaban J connectivity index is 2.80. The van der Waals surface area contributed by atoms with E-state index in [0.717, 1.165) is 11.1 Å². The summed E-state index contributed by atoms with van der Waals surface area (Å²) in [7, 11) is -1.21. The number of carbonyl (C=O) groups is 1. The van der Waals surface area contributed by atoms with Crippen molar-refractivity contribution in [1.29, 1.82) is 0 Å². The summed E-state index contributed by atoms with van der Waals surface area (Å²) in [4.78, 5) is 17.4. The molecule has 96 valence electrons. The average Bonchev–Trinajstić information content (AvgIpc) is 2.80. The normalized spacial score (nSPS) is 12.4.